The van der Waals surface area contributed by atoms with Gasteiger partial charge in [0.25, 0.3) is 17.7 Å². The maximum Gasteiger partial charge on any atom is 0.274 e. The number of alkyl halides is 2. The number of anilines is 1. The van der Waals surface area contributed by atoms with Crippen molar-refractivity contribution in [1.29, 1.82) is 0 Å². The third-order valence-electron chi connectivity index (χ3n) is 6.86. The first-order chi connectivity index (χ1) is 20.5. The first-order valence-electron chi connectivity index (χ1n) is 13.5. The number of carbonyl (C=O) groups excluding carboxylic acids is 3. The van der Waals surface area contributed by atoms with E-state index >= 15 is 0 Å². The minimum Gasteiger partial charge on any atom is -0.371 e. The molecule has 0 aliphatic carbocycles. The van der Waals surface area contributed by atoms with Crippen LogP contribution in [0.2, 0.25) is 5.02 Å². The fourth-order valence-electron chi connectivity index (χ4n) is 4.37. The highest BCUT2D eigenvalue weighted by atomic mass is 35.5. The van der Waals surface area contributed by atoms with E-state index in [1.807, 2.05) is 6.08 Å². The summed E-state index contributed by atoms with van der Waals surface area (Å²) in [7, 11) is 0. The van der Waals surface area contributed by atoms with Crippen molar-refractivity contribution in [2.24, 2.45) is 10.7 Å². The maximum absolute atomic E-state index is 14.2. The molecule has 1 fully saturated rings. The molecule has 2 aliphatic heterocycles. The number of thiazole rings is 1. The number of pyridine rings is 1. The van der Waals surface area contributed by atoms with Gasteiger partial charge in [-0.15, -0.1) is 17.1 Å². The molecule has 0 aromatic carbocycles. The van der Waals surface area contributed by atoms with Crippen molar-refractivity contribution in [3.05, 3.63) is 68.7 Å². The summed E-state index contributed by atoms with van der Waals surface area (Å²) in [5.74, 6) is -4.39. The Labute approximate surface area is 256 Å². The number of aromatic nitrogens is 2. The molecule has 2 aromatic rings. The van der Waals surface area contributed by atoms with Gasteiger partial charge in [0, 0.05) is 56.5 Å². The van der Waals surface area contributed by atoms with Gasteiger partial charge in [-0.3, -0.25) is 14.4 Å². The SMILES string of the molecule is CCC(F)(F)c1cc(NC(=O)c2cnc(C(C)NC(=O)C3=NC=C=CCC(N4CCN(C(=O)CN)CC4)=C3)s2)ncc1Cl. The molecule has 2 aliphatic rings. The Hall–Kier alpha value is -3.97. The van der Waals surface area contributed by atoms with Gasteiger partial charge < -0.3 is 26.2 Å². The highest BCUT2D eigenvalue weighted by Crippen LogP contribution is 2.37. The predicted molar refractivity (Wildman–Crippen MR) is 160 cm³/mol. The Kier molecular flexibility index (Phi) is 10.4. The molecule has 11 nitrogen and oxygen atoms in total. The van der Waals surface area contributed by atoms with E-state index in [0.29, 0.717) is 37.6 Å². The number of aliphatic imine (C=N–C) groups is 1. The van der Waals surface area contributed by atoms with E-state index < -0.39 is 35.8 Å². The molecule has 1 atom stereocenters. The number of nitrogens with one attached hydrogen (secondary N) is 2. The molecule has 4 heterocycles. The second-order valence-corrected chi connectivity index (χ2v) is 11.2. The average molecular weight is 633 g/mol. The fraction of sp³-hybridized carbons (Fsp3) is 0.393. The second-order valence-electron chi connectivity index (χ2n) is 9.75. The standard InChI is InChI=1S/C28H31ClF2N8O3S/c1-3-28(30,31)19-13-23(34-15-20(19)29)37-26(42)22-16-35-27(43-22)17(2)36-25(41)21-12-18(6-4-5-7-33-21)38-8-10-39(11-9-38)24(40)14-32/h4,7,12-13,15-17H,3,6,8-11,14,32H2,1-2H3,(H,36,41)(H,34,37,42). The van der Waals surface area contributed by atoms with Crippen molar-refractivity contribution < 1.29 is 23.2 Å². The van der Waals surface area contributed by atoms with E-state index in [0.717, 1.165) is 29.3 Å². The lowest BCUT2D eigenvalue weighted by molar-refractivity contribution is -0.131. The molecule has 1 saturated heterocycles. The number of piperazine rings is 1. The maximum atomic E-state index is 14.2. The van der Waals surface area contributed by atoms with Crippen LogP contribution in [0.25, 0.3) is 0 Å². The molecule has 0 bridgehead atoms. The van der Waals surface area contributed by atoms with Crippen LogP contribution < -0.4 is 16.4 Å². The van der Waals surface area contributed by atoms with Crippen molar-refractivity contribution in [2.45, 2.75) is 38.7 Å². The summed E-state index contributed by atoms with van der Waals surface area (Å²) in [6, 6.07) is 0.479. The summed E-state index contributed by atoms with van der Waals surface area (Å²) >= 11 is 6.94. The Morgan fingerprint density at radius 2 is 1.93 bits per heavy atom. The second kappa shape index (κ2) is 14.0. The third-order valence-corrected chi connectivity index (χ3v) is 8.34. The van der Waals surface area contributed by atoms with Crippen LogP contribution >= 0.6 is 22.9 Å². The van der Waals surface area contributed by atoms with Gasteiger partial charge in [0.1, 0.15) is 21.4 Å². The van der Waals surface area contributed by atoms with Gasteiger partial charge in [-0.25, -0.2) is 23.7 Å². The minimum atomic E-state index is -3.17. The molecular formula is C28H31ClF2N8O3S. The normalized spacial score (nSPS) is 16.1. The fourth-order valence-corrected chi connectivity index (χ4v) is 5.43. The van der Waals surface area contributed by atoms with E-state index in [1.54, 1.807) is 17.9 Å². The molecule has 43 heavy (non-hydrogen) atoms. The van der Waals surface area contributed by atoms with E-state index in [4.69, 9.17) is 17.3 Å². The molecule has 1 unspecified atom stereocenters. The first-order valence-corrected chi connectivity index (χ1v) is 14.7. The Balaban J connectivity index is 1.41. The van der Waals surface area contributed by atoms with Crippen molar-refractivity contribution in [2.75, 3.05) is 38.0 Å². The van der Waals surface area contributed by atoms with Crippen LogP contribution in [0.3, 0.4) is 0 Å². The average Bonchev–Trinajstić information content (AvgIpc) is 3.49. The number of carbonyl (C=O) groups is 3. The minimum absolute atomic E-state index is 0.0302. The van der Waals surface area contributed by atoms with Crippen molar-refractivity contribution in [3.63, 3.8) is 0 Å². The van der Waals surface area contributed by atoms with Crippen LogP contribution in [-0.2, 0) is 15.5 Å². The molecular weight excluding hydrogens is 602 g/mol. The summed E-state index contributed by atoms with van der Waals surface area (Å²) in [4.78, 5) is 54.4. The summed E-state index contributed by atoms with van der Waals surface area (Å²) in [6.07, 6.45) is 7.43. The van der Waals surface area contributed by atoms with Crippen LogP contribution in [0.5, 0.6) is 0 Å². The van der Waals surface area contributed by atoms with Gasteiger partial charge in [-0.05, 0) is 25.1 Å². The van der Waals surface area contributed by atoms with Crippen LogP contribution in [-0.4, -0.2) is 75.9 Å². The van der Waals surface area contributed by atoms with Crippen LogP contribution in [0.15, 0.2) is 53.2 Å². The smallest absolute Gasteiger partial charge is 0.274 e. The largest absolute Gasteiger partial charge is 0.371 e. The molecule has 228 valence electrons. The van der Waals surface area contributed by atoms with Crippen molar-refractivity contribution in [1.82, 2.24) is 25.1 Å². The monoisotopic (exact) mass is 632 g/mol. The van der Waals surface area contributed by atoms with Gasteiger partial charge >= 0.3 is 0 Å². The van der Waals surface area contributed by atoms with Gasteiger partial charge in [-0.2, -0.15) is 0 Å². The molecule has 15 heteroatoms. The molecule has 3 amide bonds. The van der Waals surface area contributed by atoms with Crippen molar-refractivity contribution >= 4 is 52.2 Å². The number of rotatable bonds is 9. The zero-order valence-corrected chi connectivity index (χ0v) is 25.1. The molecule has 0 spiro atoms. The van der Waals surface area contributed by atoms with E-state index in [2.05, 4.69) is 36.2 Å². The number of allylic oxidation sites excluding steroid dienone is 1. The lowest BCUT2D eigenvalue weighted by Gasteiger charge is -2.37. The Morgan fingerprint density at radius 3 is 2.63 bits per heavy atom. The third kappa shape index (κ3) is 7.90. The molecule has 0 radical (unpaired) electrons. The molecule has 0 saturated carbocycles. The molecule has 2 aromatic heterocycles. The van der Waals surface area contributed by atoms with Gasteiger partial charge in [0.15, 0.2) is 0 Å². The van der Waals surface area contributed by atoms with Gasteiger partial charge in [-0.1, -0.05) is 18.5 Å². The summed E-state index contributed by atoms with van der Waals surface area (Å²) < 4.78 is 28.4. The quantitative estimate of drug-likeness (QED) is 0.358. The van der Waals surface area contributed by atoms with Crippen LogP contribution in [0.1, 0.15) is 53.0 Å². The van der Waals surface area contributed by atoms with Gasteiger partial charge in [0.05, 0.1) is 30.0 Å². The lowest BCUT2D eigenvalue weighted by atomic mass is 10.1. The molecule has 4 N–H and O–H groups in total. The zero-order chi connectivity index (χ0) is 31.1. The van der Waals surface area contributed by atoms with Crippen LogP contribution in [0.4, 0.5) is 14.6 Å². The van der Waals surface area contributed by atoms with Crippen molar-refractivity contribution in [3.8, 4) is 0 Å². The van der Waals surface area contributed by atoms with E-state index in [1.165, 1.54) is 19.3 Å². The highest BCUT2D eigenvalue weighted by Gasteiger charge is 2.32. The lowest BCUT2D eigenvalue weighted by Crippen LogP contribution is -2.50. The Morgan fingerprint density at radius 1 is 1.19 bits per heavy atom. The van der Waals surface area contributed by atoms with Crippen LogP contribution in [0, 0.1) is 0 Å². The topological polar surface area (TPSA) is 146 Å². The number of hydrogen-bond acceptors (Lipinski definition) is 9. The van der Waals surface area contributed by atoms with Gasteiger partial charge in [0.2, 0.25) is 5.91 Å². The number of halogens is 3. The highest BCUT2D eigenvalue weighted by molar-refractivity contribution is 7.13. The zero-order valence-electron chi connectivity index (χ0n) is 23.6. The Bertz CT molecular complexity index is 1510. The number of nitrogens with two attached hydrogens (primary N) is 1. The van der Waals surface area contributed by atoms with E-state index in [-0.39, 0.29) is 33.9 Å². The summed E-state index contributed by atoms with van der Waals surface area (Å²) in [5, 5.41) is 5.61. The predicted octanol–water partition coefficient (Wildman–Crippen LogP) is 3.62. The molecule has 4 rings (SSSR count). The number of hydrogen-bond donors (Lipinski definition) is 3. The number of amides is 3. The van der Waals surface area contributed by atoms with E-state index in [9.17, 15) is 23.2 Å². The summed E-state index contributed by atoms with van der Waals surface area (Å²) in [6.45, 7) is 5.27. The first kappa shape index (κ1) is 32.0. The number of nitrogens with zero attached hydrogens (tertiary/aromatic N) is 5. The summed E-state index contributed by atoms with van der Waals surface area (Å²) in [5.41, 5.74) is 9.04.